The summed E-state index contributed by atoms with van der Waals surface area (Å²) in [6.07, 6.45) is 2.07. The van der Waals surface area contributed by atoms with Gasteiger partial charge in [-0.05, 0) is 33.1 Å². The minimum absolute atomic E-state index is 0. The Morgan fingerprint density at radius 1 is 1.29 bits per heavy atom. The number of hydrogen-bond acceptors (Lipinski definition) is 4. The van der Waals surface area contributed by atoms with Gasteiger partial charge in [-0.2, -0.15) is 0 Å². The molecule has 2 atom stereocenters. The second-order valence-corrected chi connectivity index (χ2v) is 4.72. The Hall–Kier alpha value is -0.590. The van der Waals surface area contributed by atoms with Gasteiger partial charge in [0.05, 0.1) is 5.92 Å². The van der Waals surface area contributed by atoms with Gasteiger partial charge in [-0.15, -0.1) is 0 Å². The summed E-state index contributed by atoms with van der Waals surface area (Å²) in [5.41, 5.74) is -1.24. The van der Waals surface area contributed by atoms with Gasteiger partial charge in [0.1, 0.15) is 5.60 Å². The number of carbonyl (C=O) groups excluding carboxylic acids is 1. The molecule has 2 N–H and O–H groups in total. The fourth-order valence-electron chi connectivity index (χ4n) is 1.88. The van der Waals surface area contributed by atoms with Crippen molar-refractivity contribution in [2.45, 2.75) is 44.6 Å². The molecule has 0 fully saturated rings. The van der Waals surface area contributed by atoms with Crippen molar-refractivity contribution in [2.75, 3.05) is 0 Å². The summed E-state index contributed by atoms with van der Waals surface area (Å²) in [5.74, 6) is -3.65. The van der Waals surface area contributed by atoms with Gasteiger partial charge in [0.25, 0.3) is 0 Å². The van der Waals surface area contributed by atoms with Gasteiger partial charge in [-0.3, -0.25) is 9.59 Å². The normalized spacial score (nSPS) is 14.2. The standard InChI is InChI=1S/C14H21O6.Ca.2H/c1-4-12(17)20-14(3,5-2)10(13(18)19)8-6-7-9-11(15)16;;;/h4,10H,1-2,5-9H2,3H3,(H,15,16)(H,18,19);;;. The van der Waals surface area contributed by atoms with E-state index in [1.165, 1.54) is 6.92 Å². The molecule has 0 aliphatic heterocycles. The number of hydrogen-bond donors (Lipinski definition) is 2. The van der Waals surface area contributed by atoms with Crippen molar-refractivity contribution in [3.63, 3.8) is 0 Å². The van der Waals surface area contributed by atoms with E-state index < -0.39 is 29.4 Å². The first-order valence-electron chi connectivity index (χ1n) is 6.36. The molecule has 0 aliphatic carbocycles. The van der Waals surface area contributed by atoms with Crippen LogP contribution in [0.4, 0.5) is 0 Å². The topological polar surface area (TPSA) is 101 Å². The molecule has 0 aromatic rings. The van der Waals surface area contributed by atoms with Crippen LogP contribution >= 0.6 is 0 Å². The number of aliphatic carboxylic acids is 2. The van der Waals surface area contributed by atoms with Crippen LogP contribution in [0.3, 0.4) is 0 Å². The maximum absolute atomic E-state index is 11.3. The number of carbonyl (C=O) groups is 3. The number of carboxylic acid groups (broad SMARTS) is 2. The van der Waals surface area contributed by atoms with Crippen molar-refractivity contribution < 1.29 is 29.3 Å². The van der Waals surface area contributed by atoms with Crippen LogP contribution in [0.5, 0.6) is 0 Å². The second kappa shape index (κ2) is 11.0. The molecular formula is C14H23CaO6. The fraction of sp³-hybridized carbons (Fsp3) is 0.571. The van der Waals surface area contributed by atoms with Gasteiger partial charge < -0.3 is 14.9 Å². The molecule has 0 bridgehead atoms. The summed E-state index contributed by atoms with van der Waals surface area (Å²) in [4.78, 5) is 33.0. The molecule has 0 rings (SSSR count). The Morgan fingerprint density at radius 3 is 2.24 bits per heavy atom. The van der Waals surface area contributed by atoms with Gasteiger partial charge in [0.15, 0.2) is 0 Å². The molecule has 1 radical (unpaired) electrons. The zero-order chi connectivity index (χ0) is 15.8. The molecule has 21 heavy (non-hydrogen) atoms. The first kappa shape index (κ1) is 22.7. The molecule has 0 heterocycles. The molecule has 2 unspecified atom stereocenters. The van der Waals surface area contributed by atoms with E-state index in [-0.39, 0.29) is 57.0 Å². The molecule has 0 aromatic carbocycles. The van der Waals surface area contributed by atoms with E-state index in [1.807, 2.05) is 0 Å². The van der Waals surface area contributed by atoms with Crippen molar-refractivity contribution in [3.8, 4) is 0 Å². The SMILES string of the molecule is [CH2]CC(C)(OC(=O)C=C)C(CCCCC(=O)O)C(=O)O.[CaH2]. The first-order valence-corrected chi connectivity index (χ1v) is 6.36. The Kier molecular flexibility index (Phi) is 11.9. The molecular weight excluding hydrogens is 304 g/mol. The number of carboxylic acids is 2. The maximum atomic E-state index is 11.3. The third-order valence-electron chi connectivity index (χ3n) is 3.17. The first-order chi connectivity index (χ1) is 9.26. The summed E-state index contributed by atoms with van der Waals surface area (Å²) in [7, 11) is 0. The van der Waals surface area contributed by atoms with Crippen molar-refractivity contribution >= 4 is 55.6 Å². The van der Waals surface area contributed by atoms with Crippen LogP contribution in [0.2, 0.25) is 0 Å². The average molecular weight is 327 g/mol. The van der Waals surface area contributed by atoms with Crippen LogP contribution in [-0.2, 0) is 19.1 Å². The Labute approximate surface area is 154 Å². The number of esters is 1. The predicted molar refractivity (Wildman–Crippen MR) is 80.4 cm³/mol. The molecule has 7 heteroatoms. The van der Waals surface area contributed by atoms with Crippen LogP contribution in [-0.4, -0.2) is 71.5 Å². The summed E-state index contributed by atoms with van der Waals surface area (Å²) in [6, 6.07) is 0. The third-order valence-corrected chi connectivity index (χ3v) is 3.17. The number of ether oxygens (including phenoxy) is 1. The van der Waals surface area contributed by atoms with Gasteiger partial charge in [-0.25, -0.2) is 4.79 Å². The Bertz CT molecular complexity index is 382. The molecule has 0 spiro atoms. The van der Waals surface area contributed by atoms with E-state index >= 15 is 0 Å². The van der Waals surface area contributed by atoms with Crippen LogP contribution < -0.4 is 0 Å². The average Bonchev–Trinajstić information content (AvgIpc) is 2.37. The molecule has 0 amide bonds. The Morgan fingerprint density at radius 2 is 1.86 bits per heavy atom. The zero-order valence-corrected chi connectivity index (χ0v) is 11.6. The van der Waals surface area contributed by atoms with E-state index in [1.54, 1.807) is 0 Å². The van der Waals surface area contributed by atoms with Crippen LogP contribution in [0.1, 0.15) is 39.0 Å². The van der Waals surface area contributed by atoms with E-state index in [9.17, 15) is 19.5 Å². The summed E-state index contributed by atoms with van der Waals surface area (Å²) >= 11 is 0. The van der Waals surface area contributed by atoms with Crippen LogP contribution in [0.25, 0.3) is 0 Å². The quantitative estimate of drug-likeness (QED) is 0.270. The van der Waals surface area contributed by atoms with Gasteiger partial charge in [0, 0.05) is 12.5 Å². The molecule has 6 nitrogen and oxygen atoms in total. The molecule has 117 valence electrons. The van der Waals surface area contributed by atoms with Gasteiger partial charge in [0.2, 0.25) is 0 Å². The Balaban J connectivity index is 0. The second-order valence-electron chi connectivity index (χ2n) is 4.72. The van der Waals surface area contributed by atoms with E-state index in [2.05, 4.69) is 13.5 Å². The summed E-state index contributed by atoms with van der Waals surface area (Å²) in [5, 5.41) is 17.8. The van der Waals surface area contributed by atoms with E-state index in [0.29, 0.717) is 12.8 Å². The van der Waals surface area contributed by atoms with Crippen LogP contribution in [0.15, 0.2) is 12.7 Å². The van der Waals surface area contributed by atoms with Crippen LogP contribution in [0, 0.1) is 12.8 Å². The van der Waals surface area contributed by atoms with E-state index in [0.717, 1.165) is 6.08 Å². The molecule has 0 aliphatic rings. The monoisotopic (exact) mass is 327 g/mol. The molecule has 0 saturated carbocycles. The van der Waals surface area contributed by atoms with Crippen molar-refractivity contribution in [3.05, 3.63) is 19.6 Å². The van der Waals surface area contributed by atoms with E-state index in [4.69, 9.17) is 9.84 Å². The number of rotatable bonds is 10. The minimum atomic E-state index is -1.24. The zero-order valence-electron chi connectivity index (χ0n) is 11.6. The van der Waals surface area contributed by atoms with Crippen molar-refractivity contribution in [1.29, 1.82) is 0 Å². The fourth-order valence-corrected chi connectivity index (χ4v) is 1.88. The van der Waals surface area contributed by atoms with Crippen molar-refractivity contribution in [1.82, 2.24) is 0 Å². The van der Waals surface area contributed by atoms with Crippen molar-refractivity contribution in [2.24, 2.45) is 5.92 Å². The molecule has 0 aromatic heterocycles. The third kappa shape index (κ3) is 8.43. The van der Waals surface area contributed by atoms with Gasteiger partial charge in [-0.1, -0.05) is 13.0 Å². The summed E-state index contributed by atoms with van der Waals surface area (Å²) in [6.45, 7) is 8.42. The predicted octanol–water partition coefficient (Wildman–Crippen LogP) is 1.13. The summed E-state index contributed by atoms with van der Waals surface area (Å²) < 4.78 is 5.12. The number of unbranched alkanes of at least 4 members (excludes halogenated alkanes) is 1. The molecule has 0 saturated heterocycles. The van der Waals surface area contributed by atoms with Gasteiger partial charge >= 0.3 is 55.6 Å².